The lowest BCUT2D eigenvalue weighted by Crippen LogP contribution is -2.46. The average molecular weight is 347 g/mol. The number of ether oxygens (including phenoxy) is 1. The van der Waals surface area contributed by atoms with Gasteiger partial charge in [-0.05, 0) is 17.9 Å². The minimum atomic E-state index is -1.53. The maximum atomic E-state index is 11.0. The highest BCUT2D eigenvalue weighted by Gasteiger charge is 2.36. The first-order chi connectivity index (χ1) is 9.34. The molecule has 1 rings (SSSR count). The second kappa shape index (κ2) is 8.47. The van der Waals surface area contributed by atoms with Crippen molar-refractivity contribution >= 4 is 40.7 Å². The fourth-order valence-electron chi connectivity index (χ4n) is 3.80. The molecule has 1 fully saturated rings. The molecule has 0 aliphatic carbocycles. The molecule has 20 heavy (non-hydrogen) atoms. The maximum absolute atomic E-state index is 11.0. The van der Waals surface area contributed by atoms with Crippen LogP contribution in [0.4, 0.5) is 0 Å². The maximum Gasteiger partial charge on any atom is 0.330 e. The van der Waals surface area contributed by atoms with Crippen LogP contribution in [0.15, 0.2) is 12.7 Å². The third kappa shape index (κ3) is 6.66. The van der Waals surface area contributed by atoms with Gasteiger partial charge in [-0.3, -0.25) is 0 Å². The van der Waals surface area contributed by atoms with E-state index in [1.807, 2.05) is 0 Å². The molecule has 0 bridgehead atoms. The Balaban J connectivity index is 2.46. The fourth-order valence-corrected chi connectivity index (χ4v) is 37.1. The van der Waals surface area contributed by atoms with Crippen LogP contribution in [0.25, 0.3) is 0 Å². The molecule has 2 unspecified atom stereocenters. The Morgan fingerprint density at radius 1 is 1.15 bits per heavy atom. The number of esters is 1. The zero-order valence-electron chi connectivity index (χ0n) is 13.5. The lowest BCUT2D eigenvalue weighted by molar-refractivity contribution is -0.138. The lowest BCUT2D eigenvalue weighted by atomic mass is 10.6. The molecule has 0 spiro atoms. The summed E-state index contributed by atoms with van der Waals surface area (Å²) in [5, 5.41) is 0. The van der Waals surface area contributed by atoms with Crippen molar-refractivity contribution in [3.8, 4) is 0 Å². The molecule has 0 aromatic carbocycles. The van der Waals surface area contributed by atoms with Gasteiger partial charge in [-0.1, -0.05) is 37.6 Å². The molecule has 0 saturated carbocycles. The molecule has 0 aromatic rings. The van der Waals surface area contributed by atoms with Crippen LogP contribution in [-0.2, 0) is 14.0 Å². The monoisotopic (exact) mass is 346 g/mol. The molecule has 1 saturated heterocycles. The number of hydrogen-bond acceptors (Lipinski definition) is 3. The first-order valence-corrected chi connectivity index (χ1v) is 19.0. The second-order valence-corrected chi connectivity index (χ2v) is 23.7. The average Bonchev–Trinajstić information content (AvgIpc) is 2.31. The molecular weight excluding hydrogens is 316 g/mol. The van der Waals surface area contributed by atoms with Crippen molar-refractivity contribution in [2.24, 2.45) is 0 Å². The van der Waals surface area contributed by atoms with Gasteiger partial charge in [0.15, 0.2) is 8.32 Å². The molecule has 1 heterocycles. The molecule has 1 aliphatic heterocycles. The molecular formula is C13H30O3Si4. The van der Waals surface area contributed by atoms with E-state index in [0.29, 0.717) is 13.2 Å². The van der Waals surface area contributed by atoms with Crippen LogP contribution >= 0.6 is 0 Å². The Kier molecular flexibility index (Phi) is 7.66. The predicted molar refractivity (Wildman–Crippen MR) is 97.0 cm³/mol. The summed E-state index contributed by atoms with van der Waals surface area (Å²) in [6, 6.07) is 0. The zero-order chi connectivity index (χ0) is 15.2. The highest BCUT2D eigenvalue weighted by atomic mass is 28.4. The van der Waals surface area contributed by atoms with E-state index in [1.54, 1.807) is 11.3 Å². The first kappa shape index (κ1) is 18.1. The summed E-state index contributed by atoms with van der Waals surface area (Å²) >= 11 is 0. The summed E-state index contributed by atoms with van der Waals surface area (Å²) in [7, 11) is -3.03. The van der Waals surface area contributed by atoms with Crippen LogP contribution in [0.3, 0.4) is 0 Å². The van der Waals surface area contributed by atoms with Gasteiger partial charge in [0, 0.05) is 32.5 Å². The van der Waals surface area contributed by atoms with Gasteiger partial charge in [-0.2, -0.15) is 0 Å². The van der Waals surface area contributed by atoms with E-state index >= 15 is 0 Å². The topological polar surface area (TPSA) is 35.5 Å². The summed E-state index contributed by atoms with van der Waals surface area (Å²) in [6.07, 6.45) is 1.21. The zero-order valence-corrected chi connectivity index (χ0v) is 17.9. The largest absolute Gasteiger partial charge is 0.460 e. The van der Waals surface area contributed by atoms with E-state index in [9.17, 15) is 4.79 Å². The van der Waals surface area contributed by atoms with Crippen LogP contribution in [-0.4, -0.2) is 53.9 Å². The van der Waals surface area contributed by atoms with Crippen molar-refractivity contribution in [3.63, 3.8) is 0 Å². The Bertz CT molecular complexity index is 324. The minimum Gasteiger partial charge on any atom is -0.460 e. The Hall–Kier alpha value is 0.0375. The van der Waals surface area contributed by atoms with Crippen LogP contribution < -0.4 is 0 Å². The molecule has 0 aromatic heterocycles. The minimum absolute atomic E-state index is 0.344. The van der Waals surface area contributed by atoms with Crippen molar-refractivity contribution in [2.45, 2.75) is 48.9 Å². The Morgan fingerprint density at radius 2 is 1.70 bits per heavy atom. The van der Waals surface area contributed by atoms with Gasteiger partial charge in [0.1, 0.15) is 6.61 Å². The van der Waals surface area contributed by atoms with Crippen molar-refractivity contribution < 1.29 is 14.0 Å². The summed E-state index contributed by atoms with van der Waals surface area (Å²) in [5.41, 5.74) is 6.09. The number of carbonyl (C=O) groups excluding carboxylic acids is 1. The van der Waals surface area contributed by atoms with Crippen molar-refractivity contribution in [2.75, 3.05) is 13.2 Å². The summed E-state index contributed by atoms with van der Waals surface area (Å²) in [5.74, 6) is -0.344. The second-order valence-electron chi connectivity index (χ2n) is 6.87. The first-order valence-electron chi connectivity index (χ1n) is 7.78. The third-order valence-electron chi connectivity index (χ3n) is 4.11. The van der Waals surface area contributed by atoms with Crippen molar-refractivity contribution in [1.82, 2.24) is 0 Å². The number of carbonyl (C=O) groups is 1. The van der Waals surface area contributed by atoms with Crippen LogP contribution in [0.1, 0.15) is 0 Å². The standard InChI is InChI=1S/C13H30O3Si4/c1-6-13(14)15-7-8-16-20(5)11-18(3)9-17(2)10-19(4)12-20/h6,17-19H,1,7-12H2,2-5H3. The van der Waals surface area contributed by atoms with E-state index in [4.69, 9.17) is 9.16 Å². The summed E-state index contributed by atoms with van der Waals surface area (Å²) in [6.45, 7) is 14.4. The van der Waals surface area contributed by atoms with E-state index < -0.39 is 25.9 Å². The molecule has 7 heteroatoms. The molecule has 2 atom stereocenters. The van der Waals surface area contributed by atoms with Crippen LogP contribution in [0, 0.1) is 0 Å². The van der Waals surface area contributed by atoms with E-state index in [-0.39, 0.29) is 14.8 Å². The quantitative estimate of drug-likeness (QED) is 0.331. The molecule has 0 radical (unpaired) electrons. The number of rotatable bonds is 5. The molecule has 116 valence electrons. The third-order valence-corrected chi connectivity index (χ3v) is 30.4. The molecule has 0 amide bonds. The van der Waals surface area contributed by atoms with Crippen LogP contribution in [0.5, 0.6) is 0 Å². The van der Waals surface area contributed by atoms with E-state index in [0.717, 1.165) is 0 Å². The van der Waals surface area contributed by atoms with Crippen molar-refractivity contribution in [3.05, 3.63) is 12.7 Å². The van der Waals surface area contributed by atoms with E-state index in [1.165, 1.54) is 17.4 Å². The van der Waals surface area contributed by atoms with Crippen LogP contribution in [0.2, 0.25) is 48.9 Å². The summed E-state index contributed by atoms with van der Waals surface area (Å²) in [4.78, 5) is 11.0. The predicted octanol–water partition coefficient (Wildman–Crippen LogP) is 2.05. The highest BCUT2D eigenvalue weighted by molar-refractivity contribution is 6.98. The van der Waals surface area contributed by atoms with Gasteiger partial charge in [-0.15, -0.1) is 0 Å². The normalized spacial score (nSPS) is 34.9. The van der Waals surface area contributed by atoms with E-state index in [2.05, 4.69) is 32.8 Å². The Morgan fingerprint density at radius 3 is 2.20 bits per heavy atom. The molecule has 3 nitrogen and oxygen atoms in total. The van der Waals surface area contributed by atoms with Gasteiger partial charge >= 0.3 is 5.97 Å². The van der Waals surface area contributed by atoms with Gasteiger partial charge in [0.25, 0.3) is 0 Å². The van der Waals surface area contributed by atoms with Gasteiger partial charge in [-0.25, -0.2) is 4.79 Å². The Labute approximate surface area is 129 Å². The molecule has 1 aliphatic rings. The lowest BCUT2D eigenvalue weighted by Gasteiger charge is -2.35. The van der Waals surface area contributed by atoms with Gasteiger partial charge < -0.3 is 9.16 Å². The summed E-state index contributed by atoms with van der Waals surface area (Å²) < 4.78 is 11.3. The highest BCUT2D eigenvalue weighted by Crippen LogP contribution is 2.27. The van der Waals surface area contributed by atoms with Crippen molar-refractivity contribution in [1.29, 1.82) is 0 Å². The SMILES string of the molecule is C=CC(=O)OCCO[Si]1(C)C[SiH](C)C[SiH](C)C[SiH](C)C1. The fraction of sp³-hybridized carbons (Fsp3) is 0.769. The number of hydrogen-bond donors (Lipinski definition) is 0. The van der Waals surface area contributed by atoms with Gasteiger partial charge in [0.2, 0.25) is 0 Å². The smallest absolute Gasteiger partial charge is 0.330 e. The van der Waals surface area contributed by atoms with Gasteiger partial charge in [0.05, 0.1) is 6.61 Å². The molecule has 0 N–H and O–H groups in total.